The number of benzene rings is 1. The summed E-state index contributed by atoms with van der Waals surface area (Å²) in [5.74, 6) is 0.564. The first kappa shape index (κ1) is 18.8. The van der Waals surface area contributed by atoms with Crippen LogP contribution >= 0.6 is 0 Å². The molecule has 0 aliphatic carbocycles. The van der Waals surface area contributed by atoms with Gasteiger partial charge < -0.3 is 25.0 Å². The number of aromatic nitrogens is 2. The molecule has 1 aliphatic rings. The Morgan fingerprint density at radius 3 is 2.79 bits per heavy atom. The Bertz CT molecular complexity index is 1080. The summed E-state index contributed by atoms with van der Waals surface area (Å²) in [6.07, 6.45) is 1.70. The number of carbonyl (C=O) groups excluding carboxylic acids is 2. The molecular formula is C20H21N5O4. The van der Waals surface area contributed by atoms with Crippen molar-refractivity contribution in [3.8, 4) is 11.5 Å². The number of hydrogen-bond acceptors (Lipinski definition) is 6. The molecule has 1 aliphatic heterocycles. The number of hydrogen-bond donors (Lipinski definition) is 2. The smallest absolute Gasteiger partial charge is 0.292 e. The third-order valence-corrected chi connectivity index (χ3v) is 4.44. The van der Waals surface area contributed by atoms with Crippen LogP contribution in [-0.4, -0.2) is 60.1 Å². The molecule has 0 saturated heterocycles. The minimum Gasteiger partial charge on any atom is -0.454 e. The summed E-state index contributed by atoms with van der Waals surface area (Å²) in [4.78, 5) is 31.8. The van der Waals surface area contributed by atoms with E-state index < -0.39 is 5.91 Å². The number of likely N-dealkylation sites (N-methyl/N-ethyl adjacent to an activating group) is 1. The van der Waals surface area contributed by atoms with Gasteiger partial charge in [0.1, 0.15) is 0 Å². The van der Waals surface area contributed by atoms with Gasteiger partial charge in [0.05, 0.1) is 5.52 Å². The highest BCUT2D eigenvalue weighted by atomic mass is 16.7. The maximum atomic E-state index is 12.9. The second kappa shape index (κ2) is 7.80. The zero-order chi connectivity index (χ0) is 20.4. The average Bonchev–Trinajstić information content (AvgIpc) is 3.32. The monoisotopic (exact) mass is 395 g/mol. The van der Waals surface area contributed by atoms with Crippen molar-refractivity contribution in [3.05, 3.63) is 54.1 Å². The van der Waals surface area contributed by atoms with E-state index in [1.165, 1.54) is 0 Å². The lowest BCUT2D eigenvalue weighted by Crippen LogP contribution is -2.31. The fourth-order valence-electron chi connectivity index (χ4n) is 3.00. The molecular weight excluding hydrogens is 374 g/mol. The molecule has 2 amide bonds. The molecule has 150 valence electrons. The second-order valence-electron chi connectivity index (χ2n) is 6.82. The fourth-order valence-corrected chi connectivity index (χ4v) is 3.00. The normalized spacial score (nSPS) is 12.4. The number of fused-ring (bicyclic) bond motifs is 2. The van der Waals surface area contributed by atoms with E-state index in [0.29, 0.717) is 35.8 Å². The van der Waals surface area contributed by atoms with Crippen molar-refractivity contribution in [3.63, 3.8) is 0 Å². The van der Waals surface area contributed by atoms with Gasteiger partial charge in [-0.25, -0.2) is 4.98 Å². The summed E-state index contributed by atoms with van der Waals surface area (Å²) in [6.45, 7) is 1.34. The number of amides is 2. The van der Waals surface area contributed by atoms with Crippen LogP contribution in [0.25, 0.3) is 5.52 Å². The van der Waals surface area contributed by atoms with Crippen molar-refractivity contribution in [1.29, 1.82) is 0 Å². The third kappa shape index (κ3) is 3.85. The molecule has 1 aromatic carbocycles. The van der Waals surface area contributed by atoms with Crippen molar-refractivity contribution < 1.29 is 19.1 Å². The number of nitrogens with zero attached hydrogens (tertiary/aromatic N) is 3. The minimum absolute atomic E-state index is 0.121. The van der Waals surface area contributed by atoms with Crippen molar-refractivity contribution in [2.75, 3.05) is 39.3 Å². The first-order valence-electron chi connectivity index (χ1n) is 9.14. The predicted molar refractivity (Wildman–Crippen MR) is 107 cm³/mol. The zero-order valence-electron chi connectivity index (χ0n) is 16.1. The van der Waals surface area contributed by atoms with E-state index >= 15 is 0 Å². The van der Waals surface area contributed by atoms with Crippen LogP contribution in [0.5, 0.6) is 11.5 Å². The number of ether oxygens (including phenoxy) is 2. The Hall–Kier alpha value is -3.59. The van der Waals surface area contributed by atoms with Gasteiger partial charge in [-0.15, -0.1) is 0 Å². The molecule has 0 bridgehead atoms. The number of pyridine rings is 1. The largest absolute Gasteiger partial charge is 0.454 e. The van der Waals surface area contributed by atoms with Crippen LogP contribution in [0.15, 0.2) is 42.6 Å². The quantitative estimate of drug-likeness (QED) is 0.658. The van der Waals surface area contributed by atoms with Gasteiger partial charge in [-0.1, -0.05) is 6.07 Å². The number of carbonyl (C=O) groups is 2. The number of rotatable bonds is 6. The van der Waals surface area contributed by atoms with Crippen LogP contribution < -0.4 is 20.1 Å². The van der Waals surface area contributed by atoms with Crippen LogP contribution in [0.3, 0.4) is 0 Å². The summed E-state index contributed by atoms with van der Waals surface area (Å²) in [5, 5.41) is 5.63. The van der Waals surface area contributed by atoms with Gasteiger partial charge in [0, 0.05) is 31.0 Å². The Balaban J connectivity index is 1.58. The molecule has 0 saturated carbocycles. The molecule has 0 atom stereocenters. The summed E-state index contributed by atoms with van der Waals surface area (Å²) in [7, 11) is 3.85. The predicted octanol–water partition coefficient (Wildman–Crippen LogP) is 1.61. The van der Waals surface area contributed by atoms with Gasteiger partial charge in [0.25, 0.3) is 11.8 Å². The lowest BCUT2D eigenvalue weighted by molar-refractivity contribution is 0.0948. The van der Waals surface area contributed by atoms with Crippen LogP contribution in [0.2, 0.25) is 0 Å². The van der Waals surface area contributed by atoms with Crippen LogP contribution in [-0.2, 0) is 0 Å². The van der Waals surface area contributed by atoms with Gasteiger partial charge in [0.15, 0.2) is 17.2 Å². The molecule has 2 N–H and O–H groups in total. The van der Waals surface area contributed by atoms with E-state index in [2.05, 4.69) is 15.6 Å². The van der Waals surface area contributed by atoms with E-state index in [0.717, 1.165) is 0 Å². The second-order valence-corrected chi connectivity index (χ2v) is 6.82. The fraction of sp³-hybridized carbons (Fsp3) is 0.250. The van der Waals surface area contributed by atoms with Gasteiger partial charge in [-0.05, 0) is 38.4 Å². The Kier molecular flexibility index (Phi) is 5.05. The van der Waals surface area contributed by atoms with Crippen LogP contribution in [0.4, 0.5) is 5.69 Å². The molecule has 4 rings (SSSR count). The van der Waals surface area contributed by atoms with Crippen molar-refractivity contribution in [2.24, 2.45) is 0 Å². The molecule has 3 aromatic rings. The van der Waals surface area contributed by atoms with E-state index in [1.54, 1.807) is 47.0 Å². The molecule has 9 heteroatoms. The molecule has 29 heavy (non-hydrogen) atoms. The molecule has 0 fully saturated rings. The molecule has 0 radical (unpaired) electrons. The van der Waals surface area contributed by atoms with Crippen molar-refractivity contribution >= 4 is 23.0 Å². The van der Waals surface area contributed by atoms with Gasteiger partial charge in [-0.3, -0.25) is 14.0 Å². The standard InChI is InChI=1S/C20H21N5O4/c1-24(2)10-8-21-19(26)17-14-5-3-4-9-25(14)18(23-17)20(27)22-13-6-7-15-16(11-13)29-12-28-15/h3-7,9,11H,8,10,12H2,1-2H3,(H,21,26)(H,22,27). The summed E-state index contributed by atoms with van der Waals surface area (Å²) in [5.41, 5.74) is 1.31. The van der Waals surface area contributed by atoms with E-state index in [1.807, 2.05) is 19.0 Å². The van der Waals surface area contributed by atoms with Crippen LogP contribution in [0, 0.1) is 0 Å². The SMILES string of the molecule is CN(C)CCNC(=O)c1nc(C(=O)Nc2ccc3c(c2)OCO3)n2ccccc12. The highest BCUT2D eigenvalue weighted by Crippen LogP contribution is 2.34. The lowest BCUT2D eigenvalue weighted by Gasteiger charge is -2.09. The topological polar surface area (TPSA) is 97.2 Å². The Labute approximate surface area is 167 Å². The number of nitrogens with one attached hydrogen (secondary N) is 2. The Morgan fingerprint density at radius 1 is 1.14 bits per heavy atom. The maximum Gasteiger partial charge on any atom is 0.292 e. The summed E-state index contributed by atoms with van der Waals surface area (Å²) < 4.78 is 12.2. The molecule has 3 heterocycles. The highest BCUT2D eigenvalue weighted by molar-refractivity contribution is 6.06. The maximum absolute atomic E-state index is 12.9. The average molecular weight is 395 g/mol. The first-order chi connectivity index (χ1) is 14.0. The molecule has 2 aromatic heterocycles. The van der Waals surface area contributed by atoms with E-state index in [4.69, 9.17) is 9.47 Å². The summed E-state index contributed by atoms with van der Waals surface area (Å²) in [6, 6.07) is 10.5. The van der Waals surface area contributed by atoms with E-state index in [-0.39, 0.29) is 24.2 Å². The van der Waals surface area contributed by atoms with Gasteiger partial charge >= 0.3 is 0 Å². The van der Waals surface area contributed by atoms with Crippen molar-refractivity contribution in [2.45, 2.75) is 0 Å². The minimum atomic E-state index is -0.433. The van der Waals surface area contributed by atoms with E-state index in [9.17, 15) is 9.59 Å². The van der Waals surface area contributed by atoms with Crippen molar-refractivity contribution in [1.82, 2.24) is 19.6 Å². The van der Waals surface area contributed by atoms with Crippen LogP contribution in [0.1, 0.15) is 21.1 Å². The lowest BCUT2D eigenvalue weighted by atomic mass is 10.2. The molecule has 9 nitrogen and oxygen atoms in total. The first-order valence-corrected chi connectivity index (χ1v) is 9.14. The zero-order valence-corrected chi connectivity index (χ0v) is 16.1. The number of imidazole rings is 1. The Morgan fingerprint density at radius 2 is 1.97 bits per heavy atom. The third-order valence-electron chi connectivity index (χ3n) is 4.44. The number of anilines is 1. The molecule has 0 unspecified atom stereocenters. The highest BCUT2D eigenvalue weighted by Gasteiger charge is 2.22. The van der Waals surface area contributed by atoms with Gasteiger partial charge in [0.2, 0.25) is 12.6 Å². The van der Waals surface area contributed by atoms with Gasteiger partial charge in [-0.2, -0.15) is 0 Å². The molecule has 0 spiro atoms. The summed E-state index contributed by atoms with van der Waals surface area (Å²) >= 11 is 0.